The second-order valence-corrected chi connectivity index (χ2v) is 7.62. The highest BCUT2D eigenvalue weighted by Crippen LogP contribution is 2.55. The Bertz CT molecular complexity index is 795. The largest absolute Gasteiger partial charge is 0.240 e. The van der Waals surface area contributed by atoms with Crippen molar-refractivity contribution in [3.63, 3.8) is 0 Å². The normalized spacial score (nSPS) is 25.5. The number of aryl methyl sites for hydroxylation is 1. The van der Waals surface area contributed by atoms with E-state index < -0.39 is 11.6 Å². The van der Waals surface area contributed by atoms with Crippen molar-refractivity contribution in [3.8, 4) is 0 Å². The monoisotopic (exact) mass is 348 g/mol. The summed E-state index contributed by atoms with van der Waals surface area (Å²) < 4.78 is 15.7. The molecule has 5 heteroatoms. The van der Waals surface area contributed by atoms with Crippen LogP contribution in [0.2, 0.25) is 5.15 Å². The Morgan fingerprint density at radius 2 is 1.96 bits per heavy atom. The number of nitrogens with zero attached hydrogens (tertiary/aromatic N) is 2. The molecule has 0 saturated heterocycles. The van der Waals surface area contributed by atoms with E-state index in [9.17, 15) is 0 Å². The van der Waals surface area contributed by atoms with Crippen LogP contribution in [-0.2, 0) is 18.3 Å². The molecule has 0 N–H and O–H groups in total. The molecule has 2 aromatic rings. The molecule has 0 bridgehead atoms. The zero-order valence-corrected chi connectivity index (χ0v) is 14.8. The molecule has 0 saturated carbocycles. The zero-order chi connectivity index (χ0) is 16.2. The maximum atomic E-state index is 15.7. The smallest absolute Gasteiger partial charge is 0.189 e. The Labute approximate surface area is 144 Å². The average Bonchev–Trinajstić information content (AvgIpc) is 2.92. The molecular formula is C18H18ClFN2S. The van der Waals surface area contributed by atoms with Gasteiger partial charge in [0, 0.05) is 11.0 Å². The minimum absolute atomic E-state index is 0.416. The first-order valence-corrected chi connectivity index (χ1v) is 9.50. The third-order valence-electron chi connectivity index (χ3n) is 5.46. The molecule has 23 heavy (non-hydrogen) atoms. The standard InChI is InChI=1S/C18H18ClFN2S/c1-10-4-3-5-13-11(10)6-8-18(13)9-7-12-14(15(18)20)21-17(23-2)22-16(12)19/h3-5,15H,6-9H2,1-2H3. The first kappa shape index (κ1) is 15.4. The maximum absolute atomic E-state index is 15.7. The zero-order valence-electron chi connectivity index (χ0n) is 13.2. The lowest BCUT2D eigenvalue weighted by atomic mass is 9.68. The number of halogens is 2. The van der Waals surface area contributed by atoms with Gasteiger partial charge in [-0.1, -0.05) is 41.6 Å². The predicted molar refractivity (Wildman–Crippen MR) is 92.2 cm³/mol. The van der Waals surface area contributed by atoms with Crippen LogP contribution < -0.4 is 0 Å². The quantitative estimate of drug-likeness (QED) is 0.412. The molecule has 2 aliphatic carbocycles. The molecule has 0 amide bonds. The van der Waals surface area contributed by atoms with E-state index in [1.165, 1.54) is 28.5 Å². The maximum Gasteiger partial charge on any atom is 0.189 e. The molecule has 1 heterocycles. The minimum atomic E-state index is -1.11. The molecule has 1 aromatic heterocycles. The van der Waals surface area contributed by atoms with E-state index in [1.807, 2.05) is 12.3 Å². The molecule has 4 rings (SSSR count). The summed E-state index contributed by atoms with van der Waals surface area (Å²) in [5, 5.41) is 0.968. The van der Waals surface area contributed by atoms with Gasteiger partial charge >= 0.3 is 0 Å². The summed E-state index contributed by atoms with van der Waals surface area (Å²) in [6.07, 6.45) is 4.10. The second kappa shape index (κ2) is 5.45. The van der Waals surface area contributed by atoms with Gasteiger partial charge < -0.3 is 0 Å². The summed E-state index contributed by atoms with van der Waals surface area (Å²) in [6, 6.07) is 6.27. The van der Waals surface area contributed by atoms with E-state index in [1.54, 1.807) is 0 Å². The van der Waals surface area contributed by atoms with E-state index in [4.69, 9.17) is 11.6 Å². The summed E-state index contributed by atoms with van der Waals surface area (Å²) >= 11 is 7.68. The number of benzene rings is 1. The van der Waals surface area contributed by atoms with Crippen molar-refractivity contribution in [2.75, 3.05) is 6.26 Å². The number of rotatable bonds is 1. The van der Waals surface area contributed by atoms with E-state index >= 15 is 4.39 Å². The summed E-state index contributed by atoms with van der Waals surface area (Å²) in [7, 11) is 0. The second-order valence-electron chi connectivity index (χ2n) is 6.48. The number of fused-ring (bicyclic) bond motifs is 3. The molecule has 1 aromatic carbocycles. The van der Waals surface area contributed by atoms with Crippen LogP contribution in [0.5, 0.6) is 0 Å². The van der Waals surface area contributed by atoms with Gasteiger partial charge in [-0.3, -0.25) is 0 Å². The van der Waals surface area contributed by atoms with Crippen LogP contribution in [0.1, 0.15) is 47.0 Å². The average molecular weight is 349 g/mol. The lowest BCUT2D eigenvalue weighted by Crippen LogP contribution is -2.35. The van der Waals surface area contributed by atoms with Crippen molar-refractivity contribution in [2.24, 2.45) is 0 Å². The van der Waals surface area contributed by atoms with Crippen LogP contribution in [0.3, 0.4) is 0 Å². The molecular weight excluding hydrogens is 331 g/mol. The summed E-state index contributed by atoms with van der Waals surface area (Å²) in [5.41, 5.74) is 4.63. The molecule has 2 aliphatic rings. The van der Waals surface area contributed by atoms with Gasteiger partial charge in [0.2, 0.25) is 0 Å². The highest BCUT2D eigenvalue weighted by atomic mass is 35.5. The van der Waals surface area contributed by atoms with Crippen molar-refractivity contribution >= 4 is 23.4 Å². The minimum Gasteiger partial charge on any atom is -0.240 e. The van der Waals surface area contributed by atoms with Gasteiger partial charge in [0.05, 0.1) is 5.69 Å². The lowest BCUT2D eigenvalue weighted by molar-refractivity contribution is 0.154. The number of alkyl halides is 1. The Kier molecular flexibility index (Phi) is 3.65. The number of aromatic nitrogens is 2. The van der Waals surface area contributed by atoms with Crippen molar-refractivity contribution in [3.05, 3.63) is 51.3 Å². The topological polar surface area (TPSA) is 25.8 Å². The van der Waals surface area contributed by atoms with Crippen LogP contribution in [-0.4, -0.2) is 16.2 Å². The Morgan fingerprint density at radius 3 is 2.70 bits per heavy atom. The summed E-state index contributed by atoms with van der Waals surface area (Å²) in [6.45, 7) is 2.12. The van der Waals surface area contributed by atoms with E-state index in [-0.39, 0.29) is 0 Å². The van der Waals surface area contributed by atoms with Gasteiger partial charge in [-0.2, -0.15) is 0 Å². The van der Waals surface area contributed by atoms with Gasteiger partial charge in [0.1, 0.15) is 5.15 Å². The van der Waals surface area contributed by atoms with E-state index in [0.29, 0.717) is 16.0 Å². The van der Waals surface area contributed by atoms with Crippen LogP contribution in [0.25, 0.3) is 0 Å². The van der Waals surface area contributed by atoms with Crippen LogP contribution in [0.15, 0.2) is 23.4 Å². The Balaban J connectivity index is 1.87. The molecule has 2 atom stereocenters. The Hall–Kier alpha value is -1.13. The van der Waals surface area contributed by atoms with Crippen LogP contribution >= 0.6 is 23.4 Å². The SMILES string of the molecule is CSc1nc(Cl)c2c(n1)C(F)C1(CCc3c(C)cccc31)CC2. The lowest BCUT2D eigenvalue weighted by Gasteiger charge is -2.38. The van der Waals surface area contributed by atoms with Gasteiger partial charge in [-0.15, -0.1) is 0 Å². The van der Waals surface area contributed by atoms with Crippen LogP contribution in [0, 0.1) is 6.92 Å². The molecule has 0 aliphatic heterocycles. The Morgan fingerprint density at radius 1 is 1.22 bits per heavy atom. The first-order valence-electron chi connectivity index (χ1n) is 7.90. The molecule has 2 nitrogen and oxygen atoms in total. The van der Waals surface area contributed by atoms with Crippen LogP contribution in [0.4, 0.5) is 4.39 Å². The fourth-order valence-electron chi connectivity index (χ4n) is 4.23. The number of thioether (sulfide) groups is 1. The van der Waals surface area contributed by atoms with E-state index in [2.05, 4.69) is 29.0 Å². The van der Waals surface area contributed by atoms with Crippen molar-refractivity contribution < 1.29 is 4.39 Å². The molecule has 0 fully saturated rings. The number of hydrogen-bond acceptors (Lipinski definition) is 3. The first-order chi connectivity index (χ1) is 11.1. The third-order valence-corrected chi connectivity index (χ3v) is 6.33. The molecule has 120 valence electrons. The van der Waals surface area contributed by atoms with E-state index in [0.717, 1.165) is 31.2 Å². The highest BCUT2D eigenvalue weighted by Gasteiger charge is 2.50. The van der Waals surface area contributed by atoms with Crippen molar-refractivity contribution in [1.82, 2.24) is 9.97 Å². The fraction of sp³-hybridized carbons (Fsp3) is 0.444. The van der Waals surface area contributed by atoms with Crippen molar-refractivity contribution in [2.45, 2.75) is 49.4 Å². The van der Waals surface area contributed by atoms with Gasteiger partial charge in [-0.05, 0) is 55.6 Å². The molecule has 1 spiro atoms. The van der Waals surface area contributed by atoms with Crippen molar-refractivity contribution in [1.29, 1.82) is 0 Å². The third kappa shape index (κ3) is 2.14. The molecule has 0 radical (unpaired) electrons. The van der Waals surface area contributed by atoms with Gasteiger partial charge in [0.25, 0.3) is 0 Å². The van der Waals surface area contributed by atoms with Gasteiger partial charge in [-0.25, -0.2) is 14.4 Å². The molecule has 2 unspecified atom stereocenters. The summed E-state index contributed by atoms with van der Waals surface area (Å²) in [4.78, 5) is 8.74. The summed E-state index contributed by atoms with van der Waals surface area (Å²) in [5.74, 6) is 0. The predicted octanol–water partition coefficient (Wildman–Crippen LogP) is 5.00. The fourth-order valence-corrected chi connectivity index (χ4v) is 4.92. The van der Waals surface area contributed by atoms with Gasteiger partial charge in [0.15, 0.2) is 11.3 Å². The highest BCUT2D eigenvalue weighted by molar-refractivity contribution is 7.98. The number of hydrogen-bond donors (Lipinski definition) is 0.